The lowest BCUT2D eigenvalue weighted by atomic mass is 9.79. The number of H-pyrrole nitrogens is 1. The topological polar surface area (TPSA) is 69.4 Å². The van der Waals surface area contributed by atoms with Crippen LogP contribution in [0.2, 0.25) is 0 Å². The maximum Gasteiger partial charge on any atom is 0.438 e. The highest BCUT2D eigenvalue weighted by molar-refractivity contribution is 5.88. The summed E-state index contributed by atoms with van der Waals surface area (Å²) in [6.45, 7) is 1.01. The summed E-state index contributed by atoms with van der Waals surface area (Å²) in [4.78, 5) is 17.1. The number of nitrogens with one attached hydrogen (secondary N) is 1. The Morgan fingerprint density at radius 3 is 2.88 bits per heavy atom. The van der Waals surface area contributed by atoms with Gasteiger partial charge in [0.2, 0.25) is 6.33 Å². The van der Waals surface area contributed by atoms with Gasteiger partial charge < -0.3 is 10.1 Å². The largest absolute Gasteiger partial charge is 0.438 e. The van der Waals surface area contributed by atoms with Gasteiger partial charge in [0.05, 0.1) is 6.61 Å². The zero-order valence-electron chi connectivity index (χ0n) is 17.3. The van der Waals surface area contributed by atoms with E-state index in [1.165, 1.54) is 11.9 Å². The number of rotatable bonds is 2. The molecule has 0 bridgehead atoms. The molecule has 2 N–H and O–H groups in total. The number of aliphatic hydroxyl groups is 1. The maximum absolute atomic E-state index is 13.1. The van der Waals surface area contributed by atoms with Gasteiger partial charge in [-0.1, -0.05) is 24.3 Å². The number of aryl methyl sites for hydroxylation is 1. The van der Waals surface area contributed by atoms with Crippen molar-refractivity contribution in [1.29, 1.82) is 0 Å². The fourth-order valence-electron chi connectivity index (χ4n) is 5.05. The number of benzene rings is 1. The van der Waals surface area contributed by atoms with Crippen molar-refractivity contribution in [3.63, 3.8) is 0 Å². The van der Waals surface area contributed by atoms with Crippen LogP contribution in [-0.2, 0) is 12.6 Å². The molecule has 0 saturated carbocycles. The third-order valence-corrected chi connectivity index (χ3v) is 6.56. The minimum atomic E-state index is -4.51. The van der Waals surface area contributed by atoms with Gasteiger partial charge in [0.1, 0.15) is 17.0 Å². The fourth-order valence-corrected chi connectivity index (χ4v) is 5.05. The second-order valence-electron chi connectivity index (χ2n) is 8.38. The van der Waals surface area contributed by atoms with Crippen molar-refractivity contribution in [2.45, 2.75) is 49.9 Å². The second kappa shape index (κ2) is 8.19. The SMILES string of the molecule is OC[C@@H]1CCCN1C1CCc2ccccc2C1C#[N+]c1ncnc2[nH]c(C(F)(F)F)cc12. The van der Waals surface area contributed by atoms with Crippen LogP contribution in [0.4, 0.5) is 19.0 Å². The molecule has 32 heavy (non-hydrogen) atoms. The molecule has 0 radical (unpaired) electrons. The molecule has 0 amide bonds. The van der Waals surface area contributed by atoms with Crippen molar-refractivity contribution < 1.29 is 18.3 Å². The summed E-state index contributed by atoms with van der Waals surface area (Å²) in [5.41, 5.74) is 1.55. The average molecular weight is 442 g/mol. The Hall–Kier alpha value is -2.96. The van der Waals surface area contributed by atoms with Gasteiger partial charge in [-0.3, -0.25) is 4.90 Å². The van der Waals surface area contributed by atoms with Crippen LogP contribution in [0.5, 0.6) is 0 Å². The van der Waals surface area contributed by atoms with Crippen LogP contribution in [0.25, 0.3) is 15.9 Å². The van der Waals surface area contributed by atoms with Crippen LogP contribution in [0.15, 0.2) is 36.7 Å². The van der Waals surface area contributed by atoms with Crippen molar-refractivity contribution in [1.82, 2.24) is 19.9 Å². The van der Waals surface area contributed by atoms with E-state index < -0.39 is 11.9 Å². The lowest BCUT2D eigenvalue weighted by molar-refractivity contribution is -0.140. The third-order valence-electron chi connectivity index (χ3n) is 6.56. The highest BCUT2D eigenvalue weighted by Gasteiger charge is 2.39. The van der Waals surface area contributed by atoms with Crippen molar-refractivity contribution >= 4 is 16.9 Å². The molecule has 1 saturated heterocycles. The molecule has 1 aliphatic carbocycles. The van der Waals surface area contributed by atoms with Crippen LogP contribution >= 0.6 is 0 Å². The van der Waals surface area contributed by atoms with Crippen LogP contribution in [0.1, 0.15) is 42.0 Å². The van der Waals surface area contributed by atoms with E-state index in [4.69, 9.17) is 0 Å². The molecule has 2 aromatic heterocycles. The molecular formula is C23H23F3N5O+. The number of halogens is 3. The van der Waals surface area contributed by atoms with Gasteiger partial charge in [0, 0.05) is 12.1 Å². The highest BCUT2D eigenvalue weighted by Crippen LogP contribution is 2.38. The van der Waals surface area contributed by atoms with Crippen LogP contribution in [-0.4, -0.2) is 50.2 Å². The molecule has 2 unspecified atom stereocenters. The van der Waals surface area contributed by atoms with Crippen molar-refractivity contribution in [3.05, 3.63) is 58.3 Å². The molecule has 166 valence electrons. The van der Waals surface area contributed by atoms with Crippen molar-refractivity contribution in [2.75, 3.05) is 13.2 Å². The van der Waals surface area contributed by atoms with Gasteiger partial charge >= 0.3 is 12.0 Å². The standard InChI is InChI=1S/C23H23F3N5O/c24-23(25,26)20-10-17-21(28-13-29-22(17)30-20)27-11-18-16-6-2-1-4-14(16)7-8-19(18)31-9-3-5-15(31)12-32/h1-2,4,6,10,13,15,18-19,32H,3,5,7-9,12H2,(H,28,29,30)/q+1/t15-,18?,19?/m0/s1. The average Bonchev–Trinajstić information content (AvgIpc) is 3.44. The van der Waals surface area contributed by atoms with Gasteiger partial charge in [-0.05, 0) is 54.4 Å². The molecule has 3 aromatic rings. The minimum Gasteiger partial charge on any atom is -0.395 e. The number of hydrogen-bond donors (Lipinski definition) is 2. The van der Waals surface area contributed by atoms with E-state index in [0.29, 0.717) is 0 Å². The lowest BCUT2D eigenvalue weighted by Crippen LogP contribution is -2.45. The predicted octanol–water partition coefficient (Wildman–Crippen LogP) is 4.50. The summed E-state index contributed by atoms with van der Waals surface area (Å²) in [6.07, 6.45) is 0.514. The number of aliphatic hydroxyl groups excluding tert-OH is 1. The number of aromatic amines is 1. The third kappa shape index (κ3) is 3.74. The van der Waals surface area contributed by atoms with Gasteiger partial charge in [0.15, 0.2) is 11.7 Å². The number of aromatic nitrogens is 3. The van der Waals surface area contributed by atoms with E-state index >= 15 is 0 Å². The Morgan fingerprint density at radius 1 is 1.22 bits per heavy atom. The molecule has 5 rings (SSSR count). The summed E-state index contributed by atoms with van der Waals surface area (Å²) >= 11 is 0. The molecular weight excluding hydrogens is 419 g/mol. The highest BCUT2D eigenvalue weighted by atomic mass is 19.4. The van der Waals surface area contributed by atoms with Gasteiger partial charge in [-0.15, -0.1) is 0 Å². The Morgan fingerprint density at radius 2 is 2.06 bits per heavy atom. The Labute approximate surface area is 182 Å². The molecule has 9 heteroatoms. The normalized spacial score (nSPS) is 23.7. The predicted molar refractivity (Wildman–Crippen MR) is 114 cm³/mol. The Bertz CT molecular complexity index is 1200. The van der Waals surface area contributed by atoms with Crippen molar-refractivity contribution in [3.8, 4) is 6.07 Å². The quantitative estimate of drug-likeness (QED) is 0.613. The number of likely N-dealkylation sites (tertiary alicyclic amines) is 1. The molecule has 0 spiro atoms. The number of alkyl halides is 3. The van der Waals surface area contributed by atoms with E-state index in [1.807, 2.05) is 12.1 Å². The van der Waals surface area contributed by atoms with Crippen LogP contribution < -0.4 is 0 Å². The zero-order valence-corrected chi connectivity index (χ0v) is 17.3. The number of nitrogens with zero attached hydrogens (tertiary/aromatic N) is 4. The summed E-state index contributed by atoms with van der Waals surface area (Å²) in [5, 5.41) is 10.1. The van der Waals surface area contributed by atoms with Gasteiger partial charge in [0.25, 0.3) is 0 Å². The molecule has 2 aliphatic rings. The molecule has 1 aliphatic heterocycles. The van der Waals surface area contributed by atoms with E-state index in [0.717, 1.165) is 43.9 Å². The Kier molecular flexibility index (Phi) is 5.35. The zero-order chi connectivity index (χ0) is 22.3. The van der Waals surface area contributed by atoms with Crippen LogP contribution in [0.3, 0.4) is 0 Å². The van der Waals surface area contributed by atoms with Crippen molar-refractivity contribution in [2.24, 2.45) is 0 Å². The number of hydrogen-bond acceptors (Lipinski definition) is 4. The molecule has 3 atom stereocenters. The van der Waals surface area contributed by atoms with Crippen LogP contribution in [0, 0.1) is 6.07 Å². The smallest absolute Gasteiger partial charge is 0.395 e. The summed E-state index contributed by atoms with van der Waals surface area (Å²) in [7, 11) is 0. The van der Waals surface area contributed by atoms with E-state index in [9.17, 15) is 18.3 Å². The molecule has 1 aromatic carbocycles. The fraction of sp³-hybridized carbons (Fsp3) is 0.435. The first-order valence-electron chi connectivity index (χ1n) is 10.8. The first-order chi connectivity index (χ1) is 15.5. The van der Waals surface area contributed by atoms with Gasteiger partial charge in [-0.2, -0.15) is 23.0 Å². The lowest BCUT2D eigenvalue weighted by Gasteiger charge is -2.38. The van der Waals surface area contributed by atoms with E-state index in [1.54, 1.807) is 0 Å². The molecule has 3 heterocycles. The first kappa shape index (κ1) is 20.9. The summed E-state index contributed by atoms with van der Waals surface area (Å²) in [6, 6.07) is 12.6. The summed E-state index contributed by atoms with van der Waals surface area (Å²) < 4.78 is 39.4. The van der Waals surface area contributed by atoms with E-state index in [2.05, 4.69) is 42.9 Å². The maximum atomic E-state index is 13.1. The monoisotopic (exact) mass is 442 g/mol. The minimum absolute atomic E-state index is 0.0911. The second-order valence-corrected chi connectivity index (χ2v) is 8.38. The van der Waals surface area contributed by atoms with E-state index in [-0.39, 0.29) is 41.5 Å². The molecule has 6 nitrogen and oxygen atoms in total. The Balaban J connectivity index is 1.56. The summed E-state index contributed by atoms with van der Waals surface area (Å²) in [5.74, 6) is -0.0122. The molecule has 1 fully saturated rings. The van der Waals surface area contributed by atoms with Gasteiger partial charge in [-0.25, -0.2) is 0 Å². The number of fused-ring (bicyclic) bond motifs is 2. The first-order valence-corrected chi connectivity index (χ1v) is 10.8.